The molecule has 1 saturated carbocycles. The molecule has 0 aromatic rings. The highest BCUT2D eigenvalue weighted by molar-refractivity contribution is 7.98. The van der Waals surface area contributed by atoms with Gasteiger partial charge in [-0.1, -0.05) is 0 Å². The van der Waals surface area contributed by atoms with E-state index in [9.17, 15) is 0 Å². The molecule has 0 aromatic heterocycles. The van der Waals surface area contributed by atoms with Gasteiger partial charge in [0, 0.05) is 18.8 Å². The largest absolute Gasteiger partial charge is 0.341 e. The molecule has 0 bridgehead atoms. The van der Waals surface area contributed by atoms with Gasteiger partial charge in [-0.15, -0.1) is 0 Å². The van der Waals surface area contributed by atoms with Crippen LogP contribution < -0.4 is 11.3 Å². The first-order valence-electron chi connectivity index (χ1n) is 4.95. The van der Waals surface area contributed by atoms with Gasteiger partial charge in [-0.05, 0) is 26.0 Å². The molecule has 5 heteroatoms. The quantitative estimate of drug-likeness (QED) is 0.314. The molecule has 3 N–H and O–H groups in total. The Morgan fingerprint density at radius 2 is 2.36 bits per heavy atom. The number of hydrazine groups is 1. The van der Waals surface area contributed by atoms with E-state index < -0.39 is 0 Å². The fraction of sp³-hybridized carbons (Fsp3) is 0.889. The van der Waals surface area contributed by atoms with Gasteiger partial charge in [-0.2, -0.15) is 11.8 Å². The van der Waals surface area contributed by atoms with Gasteiger partial charge < -0.3 is 4.90 Å². The lowest BCUT2D eigenvalue weighted by molar-refractivity contribution is 0.406. The lowest BCUT2D eigenvalue weighted by atomic mass is 10.3. The molecule has 0 amide bonds. The van der Waals surface area contributed by atoms with Gasteiger partial charge in [0.1, 0.15) is 0 Å². The summed E-state index contributed by atoms with van der Waals surface area (Å²) in [5, 5.41) is 0. The molecule has 1 fully saturated rings. The molecule has 1 rings (SSSR count). The van der Waals surface area contributed by atoms with Gasteiger partial charge in [0.25, 0.3) is 0 Å². The molecule has 4 nitrogen and oxygen atoms in total. The van der Waals surface area contributed by atoms with E-state index in [1.54, 1.807) is 0 Å². The van der Waals surface area contributed by atoms with E-state index in [1.807, 2.05) is 18.8 Å². The minimum atomic E-state index is 0.457. The summed E-state index contributed by atoms with van der Waals surface area (Å²) in [5.74, 6) is 7.35. The van der Waals surface area contributed by atoms with E-state index in [4.69, 9.17) is 5.84 Å². The fourth-order valence-corrected chi connectivity index (χ4v) is 1.87. The van der Waals surface area contributed by atoms with Gasteiger partial charge in [0.2, 0.25) is 5.96 Å². The van der Waals surface area contributed by atoms with E-state index in [-0.39, 0.29) is 0 Å². The number of guanidine groups is 1. The molecule has 0 radical (unpaired) electrons. The summed E-state index contributed by atoms with van der Waals surface area (Å²) in [5.41, 5.74) is 2.68. The second-order valence-electron chi connectivity index (χ2n) is 3.74. The maximum atomic E-state index is 5.45. The van der Waals surface area contributed by atoms with Crippen molar-refractivity contribution in [1.82, 2.24) is 10.3 Å². The number of nitrogens with one attached hydrogen (secondary N) is 1. The number of aliphatic imine (C=N–C) groups is 1. The molecule has 0 aromatic carbocycles. The molecular formula is C9H20N4S. The summed E-state index contributed by atoms with van der Waals surface area (Å²) in [4.78, 5) is 6.61. The van der Waals surface area contributed by atoms with Gasteiger partial charge in [0.05, 0.1) is 6.04 Å². The van der Waals surface area contributed by atoms with E-state index in [0.717, 1.165) is 11.7 Å². The van der Waals surface area contributed by atoms with Crippen molar-refractivity contribution in [2.45, 2.75) is 31.8 Å². The van der Waals surface area contributed by atoms with E-state index in [2.05, 4.69) is 28.5 Å². The van der Waals surface area contributed by atoms with Crippen molar-refractivity contribution >= 4 is 17.7 Å². The van der Waals surface area contributed by atoms with Crippen molar-refractivity contribution in [2.24, 2.45) is 10.8 Å². The second-order valence-corrected chi connectivity index (χ2v) is 4.65. The Kier molecular flexibility index (Phi) is 4.54. The third-order valence-corrected chi connectivity index (χ3v) is 3.20. The van der Waals surface area contributed by atoms with Crippen LogP contribution >= 0.6 is 11.8 Å². The topological polar surface area (TPSA) is 53.6 Å². The van der Waals surface area contributed by atoms with Crippen molar-refractivity contribution in [3.63, 3.8) is 0 Å². The summed E-state index contributed by atoms with van der Waals surface area (Å²) in [6, 6.07) is 0.962. The molecule has 14 heavy (non-hydrogen) atoms. The molecule has 1 aliphatic carbocycles. The van der Waals surface area contributed by atoms with Crippen molar-refractivity contribution in [3.8, 4) is 0 Å². The van der Waals surface area contributed by atoms with Crippen LogP contribution in [-0.2, 0) is 0 Å². The predicted octanol–water partition coefficient (Wildman–Crippen LogP) is 0.651. The van der Waals surface area contributed by atoms with Crippen LogP contribution in [0, 0.1) is 0 Å². The van der Waals surface area contributed by atoms with Gasteiger partial charge >= 0.3 is 0 Å². The van der Waals surface area contributed by atoms with Gasteiger partial charge in [-0.3, -0.25) is 5.43 Å². The Labute approximate surface area is 90.3 Å². The van der Waals surface area contributed by atoms with E-state index in [0.29, 0.717) is 12.1 Å². The highest BCUT2D eigenvalue weighted by Gasteiger charge is 2.23. The normalized spacial score (nSPS) is 19.3. The molecule has 0 aliphatic heterocycles. The molecule has 1 atom stereocenters. The number of thioether (sulfide) groups is 1. The first kappa shape index (κ1) is 11.7. The minimum Gasteiger partial charge on any atom is -0.341 e. The van der Waals surface area contributed by atoms with Gasteiger partial charge in [-0.25, -0.2) is 10.8 Å². The van der Waals surface area contributed by atoms with E-state index in [1.165, 1.54) is 12.8 Å². The smallest absolute Gasteiger partial charge is 0.208 e. The molecular weight excluding hydrogens is 196 g/mol. The SMILES string of the molecule is CSCC(C)N(C)C(=NC1CC1)NN. The lowest BCUT2D eigenvalue weighted by Crippen LogP contribution is -2.47. The van der Waals surface area contributed by atoms with E-state index >= 15 is 0 Å². The van der Waals surface area contributed by atoms with Crippen molar-refractivity contribution < 1.29 is 0 Å². The fourth-order valence-electron chi connectivity index (χ4n) is 1.17. The van der Waals surface area contributed by atoms with Crippen LogP contribution in [-0.4, -0.2) is 42.0 Å². The Bertz CT molecular complexity index is 203. The van der Waals surface area contributed by atoms with Crippen molar-refractivity contribution in [3.05, 3.63) is 0 Å². The van der Waals surface area contributed by atoms with Crippen LogP contribution in [0.15, 0.2) is 4.99 Å². The maximum absolute atomic E-state index is 5.45. The average Bonchev–Trinajstić information content (AvgIpc) is 2.97. The maximum Gasteiger partial charge on any atom is 0.208 e. The summed E-state index contributed by atoms with van der Waals surface area (Å²) >= 11 is 1.84. The number of rotatable bonds is 4. The van der Waals surface area contributed by atoms with Crippen molar-refractivity contribution in [2.75, 3.05) is 19.1 Å². The third-order valence-electron chi connectivity index (χ3n) is 2.38. The first-order valence-corrected chi connectivity index (χ1v) is 6.34. The summed E-state index contributed by atoms with van der Waals surface area (Å²) < 4.78 is 0. The van der Waals surface area contributed by atoms with Crippen LogP contribution in [0.2, 0.25) is 0 Å². The average molecular weight is 216 g/mol. The summed E-state index contributed by atoms with van der Waals surface area (Å²) in [6.45, 7) is 2.18. The Morgan fingerprint density at radius 1 is 1.71 bits per heavy atom. The summed E-state index contributed by atoms with van der Waals surface area (Å²) in [6.07, 6.45) is 4.52. The number of hydrogen-bond donors (Lipinski definition) is 2. The van der Waals surface area contributed by atoms with Crippen LogP contribution in [0.5, 0.6) is 0 Å². The van der Waals surface area contributed by atoms with Crippen LogP contribution in [0.3, 0.4) is 0 Å². The van der Waals surface area contributed by atoms with Crippen LogP contribution in [0.25, 0.3) is 0 Å². The predicted molar refractivity (Wildman–Crippen MR) is 63.4 cm³/mol. The molecule has 1 unspecified atom stereocenters. The third kappa shape index (κ3) is 3.38. The Balaban J connectivity index is 2.49. The zero-order valence-electron chi connectivity index (χ0n) is 9.16. The lowest BCUT2D eigenvalue weighted by Gasteiger charge is -2.27. The molecule has 0 saturated heterocycles. The number of hydrogen-bond acceptors (Lipinski definition) is 3. The Morgan fingerprint density at radius 3 is 2.79 bits per heavy atom. The Hall–Kier alpha value is -0.420. The standard InChI is InChI=1S/C9H20N4S/c1-7(6-14-3)13(2)9(12-10)11-8-4-5-8/h7-8H,4-6,10H2,1-3H3,(H,11,12). The second kappa shape index (κ2) is 5.46. The van der Waals surface area contributed by atoms with Crippen LogP contribution in [0.1, 0.15) is 19.8 Å². The first-order chi connectivity index (χ1) is 6.69. The number of nitrogens with zero attached hydrogens (tertiary/aromatic N) is 2. The monoisotopic (exact) mass is 216 g/mol. The van der Waals surface area contributed by atoms with Gasteiger partial charge in [0.15, 0.2) is 0 Å². The number of nitrogens with two attached hydrogens (primary N) is 1. The van der Waals surface area contributed by atoms with Crippen LogP contribution in [0.4, 0.5) is 0 Å². The molecule has 82 valence electrons. The zero-order chi connectivity index (χ0) is 10.6. The highest BCUT2D eigenvalue weighted by Crippen LogP contribution is 2.23. The summed E-state index contributed by atoms with van der Waals surface area (Å²) in [7, 11) is 2.03. The minimum absolute atomic E-state index is 0.457. The zero-order valence-corrected chi connectivity index (χ0v) is 9.97. The molecule has 0 spiro atoms. The molecule has 1 aliphatic rings. The highest BCUT2D eigenvalue weighted by atomic mass is 32.2. The molecule has 0 heterocycles. The van der Waals surface area contributed by atoms with Crippen molar-refractivity contribution in [1.29, 1.82) is 0 Å².